The molecule has 0 bridgehead atoms. The van der Waals surface area contributed by atoms with E-state index in [9.17, 15) is 18.5 Å². The van der Waals surface area contributed by atoms with Gasteiger partial charge in [0.25, 0.3) is 5.69 Å². The van der Waals surface area contributed by atoms with Crippen molar-refractivity contribution in [3.05, 3.63) is 34.4 Å². The van der Waals surface area contributed by atoms with Gasteiger partial charge in [-0.3, -0.25) is 10.1 Å². The predicted molar refractivity (Wildman–Crippen MR) is 73.6 cm³/mol. The fourth-order valence-electron chi connectivity index (χ4n) is 2.36. The number of hydrogen-bond acceptors (Lipinski definition) is 5. The highest BCUT2D eigenvalue weighted by Gasteiger charge is 2.24. The fourth-order valence-corrected chi connectivity index (χ4v) is 3.47. The van der Waals surface area contributed by atoms with Crippen molar-refractivity contribution in [1.29, 1.82) is 0 Å². The van der Waals surface area contributed by atoms with Crippen LogP contribution in [0.25, 0.3) is 0 Å². The number of nitrogens with two attached hydrogens (primary N) is 1. The monoisotopic (exact) mass is 299 g/mol. The van der Waals surface area contributed by atoms with Crippen molar-refractivity contribution < 1.29 is 13.3 Å². The molecule has 1 aliphatic rings. The van der Waals surface area contributed by atoms with Crippen molar-refractivity contribution in [2.24, 2.45) is 11.7 Å². The highest BCUT2D eigenvalue weighted by molar-refractivity contribution is 7.89. The molecule has 0 radical (unpaired) electrons. The van der Waals surface area contributed by atoms with Gasteiger partial charge < -0.3 is 5.73 Å². The van der Waals surface area contributed by atoms with Crippen LogP contribution in [0.2, 0.25) is 0 Å². The molecule has 1 aromatic carbocycles. The Morgan fingerprint density at radius 1 is 1.30 bits per heavy atom. The standard InChI is InChI=1S/C12H17N3O4S/c13-10-2-1-9(7-10)8-14-20(18,19)12-5-3-11(4-6-12)15(16)17/h3-6,9-10,14H,1-2,7-8,13H2/t9-,10+/m0/s1. The van der Waals surface area contributed by atoms with E-state index in [-0.39, 0.29) is 22.5 Å². The lowest BCUT2D eigenvalue weighted by Crippen LogP contribution is -2.29. The lowest BCUT2D eigenvalue weighted by Gasteiger charge is -2.11. The average molecular weight is 299 g/mol. The molecule has 0 aromatic heterocycles. The minimum Gasteiger partial charge on any atom is -0.328 e. The first-order chi connectivity index (χ1) is 9.38. The number of nitro groups is 1. The first-order valence-electron chi connectivity index (χ1n) is 6.38. The van der Waals surface area contributed by atoms with Crippen LogP contribution in [0.15, 0.2) is 29.2 Å². The molecule has 2 atom stereocenters. The summed E-state index contributed by atoms with van der Waals surface area (Å²) < 4.78 is 26.6. The van der Waals surface area contributed by atoms with E-state index >= 15 is 0 Å². The number of sulfonamides is 1. The summed E-state index contributed by atoms with van der Waals surface area (Å²) in [5.41, 5.74) is 5.65. The SMILES string of the molecule is N[C@@H]1CC[C@H](CNS(=O)(=O)c2ccc([N+](=O)[O-])cc2)C1. The fraction of sp³-hybridized carbons (Fsp3) is 0.500. The molecule has 8 heteroatoms. The smallest absolute Gasteiger partial charge is 0.269 e. The third-order valence-corrected chi connectivity index (χ3v) is 4.94. The zero-order chi connectivity index (χ0) is 14.8. The molecule has 1 fully saturated rings. The van der Waals surface area contributed by atoms with E-state index in [0.29, 0.717) is 6.54 Å². The van der Waals surface area contributed by atoms with Gasteiger partial charge in [-0.25, -0.2) is 13.1 Å². The largest absolute Gasteiger partial charge is 0.328 e. The van der Waals surface area contributed by atoms with Crippen LogP contribution in [0.4, 0.5) is 5.69 Å². The van der Waals surface area contributed by atoms with Crippen LogP contribution in [-0.2, 0) is 10.0 Å². The van der Waals surface area contributed by atoms with E-state index in [1.807, 2.05) is 0 Å². The van der Waals surface area contributed by atoms with Gasteiger partial charge in [0.15, 0.2) is 0 Å². The minimum atomic E-state index is -3.62. The molecule has 1 saturated carbocycles. The maximum Gasteiger partial charge on any atom is 0.269 e. The third-order valence-electron chi connectivity index (χ3n) is 3.50. The van der Waals surface area contributed by atoms with Gasteiger partial charge in [0.05, 0.1) is 9.82 Å². The van der Waals surface area contributed by atoms with Crippen LogP contribution in [-0.4, -0.2) is 25.9 Å². The zero-order valence-corrected chi connectivity index (χ0v) is 11.7. The Labute approximate surface area is 117 Å². The summed E-state index contributed by atoms with van der Waals surface area (Å²) >= 11 is 0. The van der Waals surface area contributed by atoms with Crippen LogP contribution >= 0.6 is 0 Å². The molecule has 0 spiro atoms. The van der Waals surface area contributed by atoms with Crippen molar-refractivity contribution in [1.82, 2.24) is 4.72 Å². The average Bonchev–Trinajstić information content (AvgIpc) is 2.82. The molecule has 1 aliphatic carbocycles. The van der Waals surface area contributed by atoms with Gasteiger partial charge in [-0.2, -0.15) is 0 Å². The summed E-state index contributed by atoms with van der Waals surface area (Å²) in [5, 5.41) is 10.5. The van der Waals surface area contributed by atoms with E-state index < -0.39 is 14.9 Å². The molecule has 3 N–H and O–H groups in total. The number of nitrogens with zero attached hydrogens (tertiary/aromatic N) is 1. The Bertz CT molecular complexity index is 585. The summed E-state index contributed by atoms with van der Waals surface area (Å²) in [5.74, 6) is 0.262. The Kier molecular flexibility index (Phi) is 4.36. The van der Waals surface area contributed by atoms with Gasteiger partial charge in [0, 0.05) is 24.7 Å². The second-order valence-electron chi connectivity index (χ2n) is 5.04. The number of nitrogens with one attached hydrogen (secondary N) is 1. The summed E-state index contributed by atoms with van der Waals surface area (Å²) in [6.07, 6.45) is 2.66. The molecule has 20 heavy (non-hydrogen) atoms. The maximum absolute atomic E-state index is 12.0. The number of rotatable bonds is 5. The molecule has 0 heterocycles. The van der Waals surface area contributed by atoms with Gasteiger partial charge in [0.1, 0.15) is 0 Å². The predicted octanol–water partition coefficient (Wildman–Crippen LogP) is 1.00. The van der Waals surface area contributed by atoms with Crippen molar-refractivity contribution >= 4 is 15.7 Å². The van der Waals surface area contributed by atoms with E-state index in [1.165, 1.54) is 24.3 Å². The lowest BCUT2D eigenvalue weighted by molar-refractivity contribution is -0.384. The van der Waals surface area contributed by atoms with Crippen LogP contribution in [0.5, 0.6) is 0 Å². The van der Waals surface area contributed by atoms with E-state index in [4.69, 9.17) is 5.73 Å². The van der Waals surface area contributed by atoms with Crippen molar-refractivity contribution in [3.8, 4) is 0 Å². The highest BCUT2D eigenvalue weighted by atomic mass is 32.2. The molecule has 7 nitrogen and oxygen atoms in total. The topological polar surface area (TPSA) is 115 Å². The Balaban J connectivity index is 2.00. The summed E-state index contributed by atoms with van der Waals surface area (Å²) in [6.45, 7) is 0.354. The molecule has 0 amide bonds. The Morgan fingerprint density at radius 3 is 2.45 bits per heavy atom. The van der Waals surface area contributed by atoms with Crippen LogP contribution in [0.3, 0.4) is 0 Å². The Hall–Kier alpha value is -1.51. The lowest BCUT2D eigenvalue weighted by atomic mass is 10.1. The van der Waals surface area contributed by atoms with E-state index in [0.717, 1.165) is 19.3 Å². The van der Waals surface area contributed by atoms with E-state index in [2.05, 4.69) is 4.72 Å². The summed E-state index contributed by atoms with van der Waals surface area (Å²) in [7, 11) is -3.62. The first-order valence-corrected chi connectivity index (χ1v) is 7.86. The zero-order valence-electron chi connectivity index (χ0n) is 10.9. The van der Waals surface area contributed by atoms with Gasteiger partial charge in [-0.15, -0.1) is 0 Å². The number of nitro benzene ring substituents is 1. The quantitative estimate of drug-likeness (QED) is 0.621. The molecule has 2 rings (SSSR count). The number of hydrogen-bond donors (Lipinski definition) is 2. The normalized spacial score (nSPS) is 22.9. The van der Waals surface area contributed by atoms with E-state index in [1.54, 1.807) is 0 Å². The Morgan fingerprint density at radius 2 is 1.95 bits per heavy atom. The molecule has 0 saturated heterocycles. The molecular formula is C12H17N3O4S. The maximum atomic E-state index is 12.0. The van der Waals surface area contributed by atoms with Crippen molar-refractivity contribution in [3.63, 3.8) is 0 Å². The second-order valence-corrected chi connectivity index (χ2v) is 6.81. The van der Waals surface area contributed by atoms with Gasteiger partial charge >= 0.3 is 0 Å². The number of non-ortho nitro benzene ring substituents is 1. The molecule has 110 valence electrons. The second kappa shape index (κ2) is 5.86. The third kappa shape index (κ3) is 3.53. The summed E-state index contributed by atoms with van der Waals surface area (Å²) in [6, 6.07) is 4.99. The molecule has 1 aromatic rings. The highest BCUT2D eigenvalue weighted by Crippen LogP contribution is 2.24. The van der Waals surface area contributed by atoms with Gasteiger partial charge in [0.2, 0.25) is 10.0 Å². The minimum absolute atomic E-state index is 0.0328. The van der Waals surface area contributed by atoms with Gasteiger partial charge in [-0.1, -0.05) is 0 Å². The van der Waals surface area contributed by atoms with Crippen LogP contribution in [0, 0.1) is 16.0 Å². The molecule has 0 aliphatic heterocycles. The summed E-state index contributed by atoms with van der Waals surface area (Å²) in [4.78, 5) is 9.99. The number of benzene rings is 1. The van der Waals surface area contributed by atoms with Crippen molar-refractivity contribution in [2.75, 3.05) is 6.54 Å². The van der Waals surface area contributed by atoms with Crippen LogP contribution in [0.1, 0.15) is 19.3 Å². The molecular weight excluding hydrogens is 282 g/mol. The first kappa shape index (κ1) is 14.9. The van der Waals surface area contributed by atoms with Gasteiger partial charge in [-0.05, 0) is 37.3 Å². The van der Waals surface area contributed by atoms with Crippen molar-refractivity contribution in [2.45, 2.75) is 30.2 Å². The molecule has 0 unspecified atom stereocenters. The van der Waals surface area contributed by atoms with Crippen LogP contribution < -0.4 is 10.5 Å².